The van der Waals surface area contributed by atoms with E-state index in [0.717, 1.165) is 16.3 Å². The molecule has 2 heterocycles. The molecule has 0 saturated heterocycles. The zero-order valence-corrected chi connectivity index (χ0v) is 26.3. The molecule has 0 aliphatic heterocycles. The molecule has 1 aliphatic rings. The van der Waals surface area contributed by atoms with Crippen molar-refractivity contribution in [2.75, 3.05) is 12.8 Å². The molecule has 1 saturated carbocycles. The number of benzene rings is 2. The molecule has 11 nitrogen and oxygen atoms in total. The van der Waals surface area contributed by atoms with Crippen molar-refractivity contribution in [3.63, 3.8) is 0 Å². The van der Waals surface area contributed by atoms with Crippen LogP contribution < -0.4 is 15.9 Å². The number of hydrogen-bond acceptors (Lipinski definition) is 8. The van der Waals surface area contributed by atoms with Gasteiger partial charge in [0.2, 0.25) is 5.91 Å². The fourth-order valence-corrected chi connectivity index (χ4v) is 4.39. The molecule has 3 N–H and O–H groups in total. The fraction of sp³-hybridized carbons (Fsp3) is 0.406. The van der Waals surface area contributed by atoms with Crippen LogP contribution in [0.3, 0.4) is 0 Å². The standard InChI is InChI=1S/C28H31N7O4.2C2H6/c1-28(2,3)39-27(37)34(4)33-26(36)18-14-19(15-18)35-25-22(24(29)30-16-31-25)23(32-35)17-10-12-21(13-11-17)38-20-8-6-5-7-9-20;2*1-2/h5-13,16,18-19H,14-15H2,1-4H3,(H,33,36)(H2,29,30,31);2*1-2H3. The van der Waals surface area contributed by atoms with Gasteiger partial charge in [0, 0.05) is 18.5 Å². The summed E-state index contributed by atoms with van der Waals surface area (Å²) in [5.41, 5.74) is 10.3. The third kappa shape index (κ3) is 8.00. The van der Waals surface area contributed by atoms with Crippen molar-refractivity contribution in [1.82, 2.24) is 30.2 Å². The van der Waals surface area contributed by atoms with E-state index >= 15 is 0 Å². The number of amides is 2. The molecule has 0 atom stereocenters. The highest BCUT2D eigenvalue weighted by Crippen LogP contribution is 2.41. The summed E-state index contributed by atoms with van der Waals surface area (Å²) in [5.74, 6) is 1.25. The summed E-state index contributed by atoms with van der Waals surface area (Å²) in [6.45, 7) is 13.3. The zero-order chi connectivity index (χ0) is 31.7. The van der Waals surface area contributed by atoms with Crippen LogP contribution in [0.4, 0.5) is 10.6 Å². The van der Waals surface area contributed by atoms with Crippen LogP contribution in [0.2, 0.25) is 0 Å². The number of para-hydroxylation sites is 1. The van der Waals surface area contributed by atoms with Crippen LogP contribution in [-0.2, 0) is 9.53 Å². The second-order valence-corrected chi connectivity index (χ2v) is 10.5. The Morgan fingerprint density at radius 2 is 1.56 bits per heavy atom. The molecule has 43 heavy (non-hydrogen) atoms. The van der Waals surface area contributed by atoms with Crippen molar-refractivity contribution in [2.45, 2.75) is 73.0 Å². The molecule has 1 fully saturated rings. The maximum Gasteiger partial charge on any atom is 0.428 e. The van der Waals surface area contributed by atoms with Gasteiger partial charge in [0.25, 0.3) is 0 Å². The first-order valence-corrected chi connectivity index (χ1v) is 14.7. The zero-order valence-electron chi connectivity index (χ0n) is 26.3. The Labute approximate surface area is 253 Å². The van der Waals surface area contributed by atoms with Gasteiger partial charge in [-0.25, -0.2) is 24.5 Å². The number of hydrogen-bond donors (Lipinski definition) is 2. The number of carbonyl (C=O) groups is 2. The summed E-state index contributed by atoms with van der Waals surface area (Å²) in [5, 5.41) is 6.59. The predicted octanol–water partition coefficient (Wildman–Crippen LogP) is 6.77. The minimum Gasteiger partial charge on any atom is -0.457 e. The summed E-state index contributed by atoms with van der Waals surface area (Å²) in [6, 6.07) is 17.1. The largest absolute Gasteiger partial charge is 0.457 e. The Bertz CT molecular complexity index is 1490. The second-order valence-electron chi connectivity index (χ2n) is 10.5. The molecule has 0 bridgehead atoms. The highest BCUT2D eigenvalue weighted by molar-refractivity contribution is 5.98. The number of nitrogens with one attached hydrogen (secondary N) is 1. The molecule has 2 amide bonds. The van der Waals surface area contributed by atoms with E-state index in [2.05, 4.69) is 15.4 Å². The van der Waals surface area contributed by atoms with E-state index in [1.165, 1.54) is 13.4 Å². The van der Waals surface area contributed by atoms with Crippen molar-refractivity contribution in [1.29, 1.82) is 0 Å². The first-order chi connectivity index (χ1) is 20.6. The lowest BCUT2D eigenvalue weighted by Gasteiger charge is -2.35. The first-order valence-electron chi connectivity index (χ1n) is 14.7. The number of carbonyl (C=O) groups excluding carboxylic acids is 2. The third-order valence-corrected chi connectivity index (χ3v) is 6.40. The molecule has 0 radical (unpaired) electrons. The number of nitrogen functional groups attached to an aromatic ring is 1. The lowest BCUT2D eigenvalue weighted by molar-refractivity contribution is -0.133. The SMILES string of the molecule is CC.CC.CN(NC(=O)C1CC(n2nc(-c3ccc(Oc4ccccc4)cc3)c3c(N)ncnc32)C1)C(=O)OC(C)(C)C. The third-order valence-electron chi connectivity index (χ3n) is 6.40. The highest BCUT2D eigenvalue weighted by atomic mass is 16.6. The van der Waals surface area contributed by atoms with Crippen molar-refractivity contribution in [2.24, 2.45) is 5.92 Å². The molecule has 4 aromatic rings. The predicted molar refractivity (Wildman–Crippen MR) is 168 cm³/mol. The van der Waals surface area contributed by atoms with Gasteiger partial charge in [-0.05, 0) is 70.0 Å². The summed E-state index contributed by atoms with van der Waals surface area (Å²) in [7, 11) is 1.46. The lowest BCUT2D eigenvalue weighted by Crippen LogP contribution is -2.50. The van der Waals surface area contributed by atoms with Gasteiger partial charge in [-0.15, -0.1) is 0 Å². The van der Waals surface area contributed by atoms with Crippen molar-refractivity contribution in [3.8, 4) is 22.8 Å². The molecule has 0 unspecified atom stereocenters. The van der Waals surface area contributed by atoms with Crippen molar-refractivity contribution in [3.05, 3.63) is 60.9 Å². The molecule has 0 spiro atoms. The number of ether oxygens (including phenoxy) is 2. The van der Waals surface area contributed by atoms with Gasteiger partial charge in [0.15, 0.2) is 5.65 Å². The van der Waals surface area contributed by atoms with E-state index in [9.17, 15) is 9.59 Å². The number of anilines is 1. The number of nitrogens with two attached hydrogens (primary N) is 1. The average Bonchev–Trinajstić information content (AvgIpc) is 3.35. The monoisotopic (exact) mass is 589 g/mol. The maximum absolute atomic E-state index is 12.7. The van der Waals surface area contributed by atoms with Gasteiger partial charge in [-0.2, -0.15) is 5.10 Å². The Hall–Kier alpha value is -4.67. The molecule has 11 heteroatoms. The van der Waals surface area contributed by atoms with E-state index in [0.29, 0.717) is 41.1 Å². The molecule has 230 valence electrons. The van der Waals surface area contributed by atoms with Crippen LogP contribution in [0.1, 0.15) is 67.3 Å². The Balaban J connectivity index is 0.00000121. The van der Waals surface area contributed by atoms with Crippen LogP contribution >= 0.6 is 0 Å². The second kappa shape index (κ2) is 14.5. The van der Waals surface area contributed by atoms with Crippen LogP contribution in [0.5, 0.6) is 11.5 Å². The van der Waals surface area contributed by atoms with Crippen molar-refractivity contribution < 1.29 is 19.1 Å². The van der Waals surface area contributed by atoms with Crippen LogP contribution in [0, 0.1) is 5.92 Å². The minimum absolute atomic E-state index is 0.0566. The quantitative estimate of drug-likeness (QED) is 0.243. The Morgan fingerprint density at radius 1 is 0.953 bits per heavy atom. The summed E-state index contributed by atoms with van der Waals surface area (Å²) < 4.78 is 13.0. The summed E-state index contributed by atoms with van der Waals surface area (Å²) >= 11 is 0. The average molecular weight is 590 g/mol. The van der Waals surface area contributed by atoms with Gasteiger partial charge >= 0.3 is 6.09 Å². The Morgan fingerprint density at radius 3 is 2.16 bits per heavy atom. The van der Waals surface area contributed by atoms with Crippen LogP contribution in [-0.4, -0.2) is 49.4 Å². The molecular weight excluding hydrogens is 546 g/mol. The van der Waals surface area contributed by atoms with E-state index in [4.69, 9.17) is 20.3 Å². The van der Waals surface area contributed by atoms with E-state index in [1.54, 1.807) is 20.8 Å². The van der Waals surface area contributed by atoms with Gasteiger partial charge in [0.05, 0.1) is 11.4 Å². The molecule has 2 aromatic carbocycles. The highest BCUT2D eigenvalue weighted by Gasteiger charge is 2.38. The van der Waals surface area contributed by atoms with Gasteiger partial charge in [-0.1, -0.05) is 45.9 Å². The smallest absolute Gasteiger partial charge is 0.428 e. The van der Waals surface area contributed by atoms with Crippen LogP contribution in [0.25, 0.3) is 22.3 Å². The first kappa shape index (κ1) is 32.8. The number of nitrogens with zero attached hydrogens (tertiary/aromatic N) is 5. The number of rotatable bonds is 5. The molecular formula is C32H43N7O4. The molecule has 1 aliphatic carbocycles. The van der Waals surface area contributed by atoms with E-state index in [-0.39, 0.29) is 17.9 Å². The van der Waals surface area contributed by atoms with Crippen molar-refractivity contribution >= 4 is 28.9 Å². The summed E-state index contributed by atoms with van der Waals surface area (Å²) in [4.78, 5) is 33.6. The normalized spacial score (nSPS) is 15.5. The van der Waals surface area contributed by atoms with Gasteiger partial charge in [0.1, 0.15) is 34.9 Å². The maximum atomic E-state index is 12.7. The number of fused-ring (bicyclic) bond motifs is 1. The van der Waals surface area contributed by atoms with E-state index < -0.39 is 11.7 Å². The fourth-order valence-electron chi connectivity index (χ4n) is 4.39. The minimum atomic E-state index is -0.657. The molecule has 5 rings (SSSR count). The number of aromatic nitrogens is 4. The van der Waals surface area contributed by atoms with Crippen LogP contribution in [0.15, 0.2) is 60.9 Å². The lowest BCUT2D eigenvalue weighted by atomic mass is 9.80. The number of hydrazine groups is 1. The molecule has 2 aromatic heterocycles. The summed E-state index contributed by atoms with van der Waals surface area (Å²) in [6.07, 6.45) is 1.87. The van der Waals surface area contributed by atoms with Gasteiger partial charge < -0.3 is 15.2 Å². The topological polar surface area (TPSA) is 137 Å². The van der Waals surface area contributed by atoms with E-state index in [1.807, 2.05) is 87.0 Å². The Kier molecular flexibility index (Phi) is 11.1. The van der Waals surface area contributed by atoms with Gasteiger partial charge in [-0.3, -0.25) is 10.2 Å².